The molecule has 0 aromatic carbocycles. The van der Waals surface area contributed by atoms with Crippen molar-refractivity contribution in [1.82, 2.24) is 20.1 Å². The second-order valence-corrected chi connectivity index (χ2v) is 16.1. The summed E-state index contributed by atoms with van der Waals surface area (Å²) >= 11 is 0. The van der Waals surface area contributed by atoms with Crippen molar-refractivity contribution in [3.63, 3.8) is 0 Å². The summed E-state index contributed by atoms with van der Waals surface area (Å²) in [5.74, 6) is -3.10. The van der Waals surface area contributed by atoms with Crippen molar-refractivity contribution in [2.75, 3.05) is 44.6 Å². The van der Waals surface area contributed by atoms with E-state index in [1.165, 1.54) is 0 Å². The summed E-state index contributed by atoms with van der Waals surface area (Å²) in [7, 11) is 0. The van der Waals surface area contributed by atoms with Gasteiger partial charge in [0.25, 0.3) is 5.92 Å². The number of carbonyl (C=O) groups is 3. The molecule has 2 fully saturated rings. The maximum absolute atomic E-state index is 15.4. The molecule has 2 aliphatic rings. The number of piperidine rings is 1. The number of amides is 3. The molecular weight excluding hydrogens is 640 g/mol. The fourth-order valence-corrected chi connectivity index (χ4v) is 5.74. The van der Waals surface area contributed by atoms with E-state index >= 15 is 8.78 Å². The number of carbonyl (C=O) groups excluding carboxylic acids is 3. The largest absolute Gasteiger partial charge is 0.444 e. The van der Waals surface area contributed by atoms with Crippen molar-refractivity contribution in [2.45, 2.75) is 130 Å². The second-order valence-electron chi connectivity index (χ2n) is 16.1. The number of ether oxygens (including phenoxy) is 4. The highest BCUT2D eigenvalue weighted by atomic mass is 19.3. The molecule has 12 nitrogen and oxygen atoms in total. The Labute approximate surface area is 289 Å². The molecular formula is C35H57F2N5O7. The number of anilines is 1. The number of hydrogen-bond acceptors (Lipinski definition) is 9. The number of hydrogen-bond donors (Lipinski definition) is 2. The summed E-state index contributed by atoms with van der Waals surface area (Å²) in [6, 6.07) is 2.58. The van der Waals surface area contributed by atoms with Gasteiger partial charge in [-0.05, 0) is 113 Å². The molecule has 2 N–H and O–H groups in total. The molecule has 3 rings (SSSR count). The van der Waals surface area contributed by atoms with E-state index < -0.39 is 59.7 Å². The Morgan fingerprint density at radius 3 is 2.20 bits per heavy atom. The Morgan fingerprint density at radius 2 is 1.61 bits per heavy atom. The van der Waals surface area contributed by atoms with Crippen LogP contribution in [0.5, 0.6) is 0 Å². The first-order valence-corrected chi connectivity index (χ1v) is 17.2. The minimum Gasteiger partial charge on any atom is -0.444 e. The van der Waals surface area contributed by atoms with Gasteiger partial charge in [-0.25, -0.2) is 28.1 Å². The number of alkyl halides is 2. The van der Waals surface area contributed by atoms with Crippen molar-refractivity contribution in [3.8, 4) is 0 Å². The van der Waals surface area contributed by atoms with Crippen LogP contribution in [0, 0.1) is 12.8 Å². The van der Waals surface area contributed by atoms with Gasteiger partial charge in [-0.3, -0.25) is 10.2 Å². The zero-order valence-electron chi connectivity index (χ0n) is 30.9. The molecule has 0 saturated carbocycles. The van der Waals surface area contributed by atoms with Gasteiger partial charge in [0, 0.05) is 24.7 Å². The average molecular weight is 698 g/mol. The third-order valence-electron chi connectivity index (χ3n) is 7.72. The molecule has 2 aliphatic heterocycles. The first kappa shape index (κ1) is 40.2. The molecule has 1 aromatic heterocycles. The maximum atomic E-state index is 15.4. The lowest BCUT2D eigenvalue weighted by Gasteiger charge is -2.35. The summed E-state index contributed by atoms with van der Waals surface area (Å²) in [6.45, 7) is 17.6. The van der Waals surface area contributed by atoms with E-state index in [0.717, 1.165) is 16.9 Å². The molecule has 3 unspecified atom stereocenters. The van der Waals surface area contributed by atoms with Gasteiger partial charge in [0.15, 0.2) is 0 Å². The molecule has 14 heteroatoms. The van der Waals surface area contributed by atoms with Gasteiger partial charge in [0.1, 0.15) is 22.6 Å². The molecule has 3 heterocycles. The van der Waals surface area contributed by atoms with Crippen LogP contribution in [0.1, 0.15) is 92.8 Å². The van der Waals surface area contributed by atoms with Gasteiger partial charge in [0.05, 0.1) is 31.8 Å². The first-order chi connectivity index (χ1) is 22.5. The van der Waals surface area contributed by atoms with Crippen molar-refractivity contribution >= 4 is 24.1 Å². The number of nitrogens with one attached hydrogen (secondary N) is 2. The molecule has 0 aliphatic carbocycles. The Bertz CT molecular complexity index is 1290. The molecule has 49 heavy (non-hydrogen) atoms. The number of halogens is 2. The monoisotopic (exact) mass is 697 g/mol. The van der Waals surface area contributed by atoms with E-state index in [1.54, 1.807) is 73.3 Å². The van der Waals surface area contributed by atoms with Gasteiger partial charge in [-0.15, -0.1) is 0 Å². The van der Waals surface area contributed by atoms with Crippen molar-refractivity contribution in [2.24, 2.45) is 5.92 Å². The lowest BCUT2D eigenvalue weighted by Crippen LogP contribution is -2.55. The number of nitrogens with zero attached hydrogens (tertiary/aromatic N) is 3. The normalized spacial score (nSPS) is 20.5. The molecule has 0 bridgehead atoms. The van der Waals surface area contributed by atoms with Crippen LogP contribution in [0.3, 0.4) is 0 Å². The first-order valence-electron chi connectivity index (χ1n) is 17.2. The molecule has 278 valence electrons. The van der Waals surface area contributed by atoms with E-state index in [2.05, 4.69) is 15.6 Å². The van der Waals surface area contributed by atoms with Crippen LogP contribution in [0.4, 0.5) is 29.0 Å². The average Bonchev–Trinajstić information content (AvgIpc) is 3.32. The maximum Gasteiger partial charge on any atom is 0.413 e. The summed E-state index contributed by atoms with van der Waals surface area (Å²) < 4.78 is 53.6. The van der Waals surface area contributed by atoms with Gasteiger partial charge in [0.2, 0.25) is 0 Å². The molecule has 0 spiro atoms. The lowest BCUT2D eigenvalue weighted by molar-refractivity contribution is -0.0781. The van der Waals surface area contributed by atoms with E-state index in [1.807, 2.05) is 13.0 Å². The van der Waals surface area contributed by atoms with Crippen LogP contribution < -0.4 is 10.6 Å². The molecule has 1 aromatic rings. The van der Waals surface area contributed by atoms with E-state index in [0.29, 0.717) is 43.9 Å². The van der Waals surface area contributed by atoms with Gasteiger partial charge >= 0.3 is 18.3 Å². The van der Waals surface area contributed by atoms with Gasteiger partial charge < -0.3 is 29.2 Å². The second kappa shape index (κ2) is 16.2. The van der Waals surface area contributed by atoms with Crippen LogP contribution >= 0.6 is 0 Å². The summed E-state index contributed by atoms with van der Waals surface area (Å²) in [5.41, 5.74) is -0.754. The Kier molecular flexibility index (Phi) is 13.3. The van der Waals surface area contributed by atoms with E-state index in [-0.39, 0.29) is 25.6 Å². The van der Waals surface area contributed by atoms with Crippen LogP contribution in [-0.4, -0.2) is 107 Å². The summed E-state index contributed by atoms with van der Waals surface area (Å²) in [6.07, 6.45) is -0.268. The Morgan fingerprint density at radius 1 is 0.959 bits per heavy atom. The minimum absolute atomic E-state index is 0.0660. The Hall–Kier alpha value is -3.26. The van der Waals surface area contributed by atoms with Gasteiger partial charge in [-0.2, -0.15) is 0 Å². The third kappa shape index (κ3) is 13.9. The standard InChI is InChI=1S/C35H57F2N5O7/c1-23-17-25(39-28(18-23)40-29(43)47-32(2,3)4)19-24-20-42(31(45)49-34(8,9)10)21-26(24)46-16-15-41(30(44)48-33(5,6)7)22-35(36,37)27-13-11-12-14-38-27/h17-18,24,26-27,38H,11-16,19-22H2,1-10H3,(H,39,40,43). The highest BCUT2D eigenvalue weighted by Crippen LogP contribution is 2.29. The zero-order chi connectivity index (χ0) is 36.8. The molecule has 3 atom stereocenters. The van der Waals surface area contributed by atoms with Crippen molar-refractivity contribution < 1.29 is 42.1 Å². The zero-order valence-corrected chi connectivity index (χ0v) is 30.9. The third-order valence-corrected chi connectivity index (χ3v) is 7.72. The number of pyridine rings is 1. The topological polar surface area (TPSA) is 132 Å². The predicted octanol–water partition coefficient (Wildman–Crippen LogP) is 6.55. The number of aromatic nitrogens is 1. The fraction of sp³-hybridized carbons (Fsp3) is 0.771. The van der Waals surface area contributed by atoms with Crippen LogP contribution in [-0.2, 0) is 25.4 Å². The molecule has 0 radical (unpaired) electrons. The number of likely N-dealkylation sites (tertiary alicyclic amines) is 1. The van der Waals surface area contributed by atoms with Crippen molar-refractivity contribution in [1.29, 1.82) is 0 Å². The number of aryl methyl sites for hydroxylation is 1. The SMILES string of the molecule is Cc1cc(CC2CN(C(=O)OC(C)(C)C)CC2OCCN(CC(F)(F)C2CCCCN2)C(=O)OC(C)(C)C)nc(NC(=O)OC(C)(C)C)c1. The highest BCUT2D eigenvalue weighted by molar-refractivity contribution is 5.83. The minimum atomic E-state index is -3.18. The molecule has 2 saturated heterocycles. The predicted molar refractivity (Wildman–Crippen MR) is 182 cm³/mol. The van der Waals surface area contributed by atoms with Crippen LogP contribution in [0.15, 0.2) is 12.1 Å². The van der Waals surface area contributed by atoms with Crippen molar-refractivity contribution in [3.05, 3.63) is 23.4 Å². The van der Waals surface area contributed by atoms with E-state index in [4.69, 9.17) is 18.9 Å². The smallest absolute Gasteiger partial charge is 0.413 e. The summed E-state index contributed by atoms with van der Waals surface area (Å²) in [4.78, 5) is 45.8. The van der Waals surface area contributed by atoms with E-state index in [9.17, 15) is 14.4 Å². The Balaban J connectivity index is 1.77. The molecule has 3 amide bonds. The quantitative estimate of drug-likeness (QED) is 0.262. The fourth-order valence-electron chi connectivity index (χ4n) is 5.74. The van der Waals surface area contributed by atoms with Gasteiger partial charge in [-0.1, -0.05) is 6.42 Å². The highest BCUT2D eigenvalue weighted by Gasteiger charge is 2.44. The lowest BCUT2D eigenvalue weighted by atomic mass is 9.98. The number of rotatable bonds is 10. The summed E-state index contributed by atoms with van der Waals surface area (Å²) in [5, 5.41) is 5.58. The van der Waals surface area contributed by atoms with Crippen LogP contribution in [0.25, 0.3) is 0 Å². The van der Waals surface area contributed by atoms with Crippen LogP contribution in [0.2, 0.25) is 0 Å².